The van der Waals surface area contributed by atoms with Gasteiger partial charge in [0.15, 0.2) is 0 Å². The van der Waals surface area contributed by atoms with Gasteiger partial charge >= 0.3 is 0 Å². The number of hydrogen-bond acceptors (Lipinski definition) is 2. The minimum absolute atomic E-state index is 0.796. The van der Waals surface area contributed by atoms with Crippen molar-refractivity contribution in [3.63, 3.8) is 0 Å². The molecule has 0 aliphatic heterocycles. The van der Waals surface area contributed by atoms with Crippen LogP contribution in [0.2, 0.25) is 0 Å². The molecule has 4 N–H and O–H groups in total. The Bertz CT molecular complexity index is 506. The number of nitrogen functional groups attached to an aromatic ring is 1. The molecule has 0 fully saturated rings. The number of hydrogen-bond donors (Lipinski definition) is 2. The van der Waals surface area contributed by atoms with Crippen molar-refractivity contribution in [2.45, 2.75) is 13.8 Å². The highest BCUT2D eigenvalue weighted by molar-refractivity contribution is 5.59. The van der Waals surface area contributed by atoms with Crippen LogP contribution in [0.4, 0.5) is 5.69 Å². The average Bonchev–Trinajstić information content (AvgIpc) is 2.35. The zero-order valence-electron chi connectivity index (χ0n) is 10.9. The van der Waals surface area contributed by atoms with Gasteiger partial charge in [-0.2, -0.15) is 0 Å². The van der Waals surface area contributed by atoms with Gasteiger partial charge in [-0.3, -0.25) is 0 Å². The molecule has 0 unspecified atom stereocenters. The van der Waals surface area contributed by atoms with Gasteiger partial charge < -0.3 is 11.5 Å². The summed E-state index contributed by atoms with van der Waals surface area (Å²) in [5.41, 5.74) is 15.3. The summed E-state index contributed by atoms with van der Waals surface area (Å²) in [6, 6.07) is 5.90. The van der Waals surface area contributed by atoms with Gasteiger partial charge in [-0.05, 0) is 55.0 Å². The second-order valence-electron chi connectivity index (χ2n) is 3.98. The minimum atomic E-state index is 0.796. The van der Waals surface area contributed by atoms with Crippen molar-refractivity contribution in [2.75, 3.05) is 5.73 Å². The molecule has 1 rings (SSSR count). The number of nitrogens with two attached hydrogens (primary N) is 2. The van der Waals surface area contributed by atoms with Gasteiger partial charge in [0.25, 0.3) is 0 Å². The summed E-state index contributed by atoms with van der Waals surface area (Å²) in [6.07, 6.45) is 13.5. The monoisotopic (exact) mass is 240 g/mol. The topological polar surface area (TPSA) is 52.0 Å². The molecule has 0 heterocycles. The third-order valence-corrected chi connectivity index (χ3v) is 2.59. The summed E-state index contributed by atoms with van der Waals surface area (Å²) in [5.74, 6) is 0. The number of aryl methyl sites for hydroxylation is 1. The Kier molecular flexibility index (Phi) is 5.52. The van der Waals surface area contributed by atoms with E-state index in [1.54, 1.807) is 0 Å². The largest absolute Gasteiger partial charge is 0.405 e. The minimum Gasteiger partial charge on any atom is -0.405 e. The Hall–Kier alpha value is -2.22. The lowest BCUT2D eigenvalue weighted by molar-refractivity contribution is 1.44. The van der Waals surface area contributed by atoms with E-state index in [1.807, 2.05) is 62.4 Å². The van der Waals surface area contributed by atoms with Crippen molar-refractivity contribution in [1.82, 2.24) is 0 Å². The van der Waals surface area contributed by atoms with Crippen molar-refractivity contribution in [2.24, 2.45) is 5.73 Å². The molecule has 0 radical (unpaired) electrons. The predicted octanol–water partition coefficient (Wildman–Crippen LogP) is 3.57. The molecular weight excluding hydrogens is 220 g/mol. The number of anilines is 1. The maximum atomic E-state index is 5.71. The molecule has 94 valence electrons. The van der Waals surface area contributed by atoms with Gasteiger partial charge in [0.05, 0.1) is 0 Å². The quantitative estimate of drug-likeness (QED) is 0.624. The summed E-state index contributed by atoms with van der Waals surface area (Å²) < 4.78 is 0. The third-order valence-electron chi connectivity index (χ3n) is 2.59. The highest BCUT2D eigenvalue weighted by atomic mass is 14.5. The van der Waals surface area contributed by atoms with E-state index < -0.39 is 0 Å². The van der Waals surface area contributed by atoms with Crippen LogP contribution < -0.4 is 11.5 Å². The van der Waals surface area contributed by atoms with Crippen LogP contribution in [0.1, 0.15) is 18.1 Å². The van der Waals surface area contributed by atoms with Crippen molar-refractivity contribution < 1.29 is 0 Å². The molecule has 0 spiro atoms. The number of allylic oxidation sites excluding steroid dienone is 6. The van der Waals surface area contributed by atoms with Gasteiger partial charge in [-0.1, -0.05) is 36.4 Å². The van der Waals surface area contributed by atoms with Crippen LogP contribution in [0.25, 0.3) is 6.08 Å². The molecule has 0 saturated heterocycles. The van der Waals surface area contributed by atoms with Crippen molar-refractivity contribution in [3.05, 3.63) is 71.5 Å². The van der Waals surface area contributed by atoms with Crippen LogP contribution in [-0.4, -0.2) is 0 Å². The molecule has 1 aromatic rings. The van der Waals surface area contributed by atoms with E-state index >= 15 is 0 Å². The standard InChI is InChI=1S/C16H20N2/c1-3-14(10-11-17)6-4-5-7-15-8-9-16(18)12-13(15)2/h3-12H,17-18H2,1-2H3/b6-4+,7-5+,11-10-,14-3-. The molecule has 0 saturated carbocycles. The molecule has 0 aromatic heterocycles. The van der Waals surface area contributed by atoms with Crippen LogP contribution in [0.3, 0.4) is 0 Å². The summed E-state index contributed by atoms with van der Waals surface area (Å²) in [6.45, 7) is 4.03. The third kappa shape index (κ3) is 4.34. The molecule has 0 atom stereocenters. The zero-order valence-corrected chi connectivity index (χ0v) is 10.9. The molecule has 2 heteroatoms. The van der Waals surface area contributed by atoms with E-state index in [0.29, 0.717) is 0 Å². The molecule has 0 aliphatic carbocycles. The molecule has 18 heavy (non-hydrogen) atoms. The highest BCUT2D eigenvalue weighted by Gasteiger charge is 1.93. The van der Waals surface area contributed by atoms with Crippen molar-refractivity contribution >= 4 is 11.8 Å². The smallest absolute Gasteiger partial charge is 0.0317 e. The average molecular weight is 240 g/mol. The molecule has 2 nitrogen and oxygen atoms in total. The second-order valence-corrected chi connectivity index (χ2v) is 3.98. The van der Waals surface area contributed by atoms with Gasteiger partial charge in [0.2, 0.25) is 0 Å². The van der Waals surface area contributed by atoms with Gasteiger partial charge in [0, 0.05) is 5.69 Å². The lowest BCUT2D eigenvalue weighted by Crippen LogP contribution is -1.87. The number of benzene rings is 1. The van der Waals surface area contributed by atoms with Gasteiger partial charge in [-0.15, -0.1) is 0 Å². The molecule has 0 bridgehead atoms. The number of rotatable bonds is 4. The van der Waals surface area contributed by atoms with Crippen LogP contribution >= 0.6 is 0 Å². The molecule has 0 aliphatic rings. The summed E-state index contributed by atoms with van der Waals surface area (Å²) in [4.78, 5) is 0. The lowest BCUT2D eigenvalue weighted by Gasteiger charge is -2.00. The SMILES string of the molecule is C/C=C(\C=C/N)/C=C/C=C/c1ccc(N)cc1C. The Balaban J connectivity index is 2.73. The second kappa shape index (κ2) is 7.17. The predicted molar refractivity (Wildman–Crippen MR) is 80.8 cm³/mol. The summed E-state index contributed by atoms with van der Waals surface area (Å²) >= 11 is 0. The van der Waals surface area contributed by atoms with Crippen molar-refractivity contribution in [3.8, 4) is 0 Å². The lowest BCUT2D eigenvalue weighted by atomic mass is 10.1. The normalized spacial score (nSPS) is 13.1. The zero-order chi connectivity index (χ0) is 13.4. The molecular formula is C16H20N2. The molecule has 0 amide bonds. The first-order valence-electron chi connectivity index (χ1n) is 5.93. The van der Waals surface area contributed by atoms with Gasteiger partial charge in [-0.25, -0.2) is 0 Å². The summed E-state index contributed by atoms with van der Waals surface area (Å²) in [7, 11) is 0. The van der Waals surface area contributed by atoms with Crippen LogP contribution in [-0.2, 0) is 0 Å². The first-order valence-corrected chi connectivity index (χ1v) is 5.93. The van der Waals surface area contributed by atoms with E-state index in [1.165, 1.54) is 17.3 Å². The van der Waals surface area contributed by atoms with E-state index in [4.69, 9.17) is 11.5 Å². The van der Waals surface area contributed by atoms with Crippen LogP contribution in [0.5, 0.6) is 0 Å². The maximum Gasteiger partial charge on any atom is 0.0317 e. The van der Waals surface area contributed by atoms with Crippen LogP contribution in [0, 0.1) is 6.92 Å². The first-order chi connectivity index (χ1) is 8.67. The first kappa shape index (κ1) is 13.8. The Morgan fingerprint density at radius 2 is 1.94 bits per heavy atom. The summed E-state index contributed by atoms with van der Waals surface area (Å²) in [5, 5.41) is 0. The van der Waals surface area contributed by atoms with Gasteiger partial charge in [0.1, 0.15) is 0 Å². The Morgan fingerprint density at radius 3 is 2.56 bits per heavy atom. The fraction of sp³-hybridized carbons (Fsp3) is 0.125. The molecule has 1 aromatic carbocycles. The van der Waals surface area contributed by atoms with Crippen molar-refractivity contribution in [1.29, 1.82) is 0 Å². The maximum absolute atomic E-state index is 5.71. The van der Waals surface area contributed by atoms with Crippen LogP contribution in [0.15, 0.2) is 60.4 Å². The van der Waals surface area contributed by atoms with E-state index in [2.05, 4.69) is 6.08 Å². The van der Waals surface area contributed by atoms with E-state index in [0.717, 1.165) is 11.3 Å². The Morgan fingerprint density at radius 1 is 1.17 bits per heavy atom. The van der Waals surface area contributed by atoms with E-state index in [-0.39, 0.29) is 0 Å². The fourth-order valence-corrected chi connectivity index (χ4v) is 1.57. The Labute approximate surface area is 109 Å². The van der Waals surface area contributed by atoms with E-state index in [9.17, 15) is 0 Å². The highest BCUT2D eigenvalue weighted by Crippen LogP contribution is 2.14. The fourth-order valence-electron chi connectivity index (χ4n) is 1.57.